The molecule has 2 aromatic carbocycles. The Bertz CT molecular complexity index is 1070. The summed E-state index contributed by atoms with van der Waals surface area (Å²) in [5, 5.41) is 29.1. The Hall–Kier alpha value is -3.77. The summed E-state index contributed by atoms with van der Waals surface area (Å²) in [6, 6.07) is 8.81. The highest BCUT2D eigenvalue weighted by atomic mass is 16.6. The molecule has 0 aromatic heterocycles. The zero-order valence-electron chi connectivity index (χ0n) is 17.9. The van der Waals surface area contributed by atoms with E-state index in [4.69, 9.17) is 4.74 Å². The monoisotopic (exact) mass is 456 g/mol. The first kappa shape index (κ1) is 22.4. The molecule has 1 amide bonds. The largest absolute Gasteiger partial charge is 0.378 e. The Morgan fingerprint density at radius 3 is 2.09 bits per heavy atom. The van der Waals surface area contributed by atoms with Crippen LogP contribution < -0.4 is 20.4 Å². The first-order valence-electron chi connectivity index (χ1n) is 10.6. The summed E-state index contributed by atoms with van der Waals surface area (Å²) in [5.74, 6) is -0.587. The highest BCUT2D eigenvalue weighted by Gasteiger charge is 2.25. The second-order valence-electron chi connectivity index (χ2n) is 7.71. The van der Waals surface area contributed by atoms with Crippen LogP contribution in [0.25, 0.3) is 0 Å². The number of anilines is 3. The van der Waals surface area contributed by atoms with Crippen molar-refractivity contribution in [3.8, 4) is 0 Å². The van der Waals surface area contributed by atoms with Crippen LogP contribution in [0.5, 0.6) is 0 Å². The molecule has 0 radical (unpaired) electrons. The van der Waals surface area contributed by atoms with Crippen LogP contribution >= 0.6 is 0 Å². The fraction of sp³-hybridized carbons (Fsp3) is 0.381. The lowest BCUT2D eigenvalue weighted by Gasteiger charge is -2.29. The third-order valence-electron chi connectivity index (χ3n) is 5.67. The number of nitro benzene ring substituents is 2. The SMILES string of the molecule is O=C(Nc1ccc(N2CCNCC2)c([N+](=O)[O-])c1)c1ccc(N2CCOCC2)c([N+](=O)[O-])c1. The van der Waals surface area contributed by atoms with E-state index in [2.05, 4.69) is 10.6 Å². The summed E-state index contributed by atoms with van der Waals surface area (Å²) in [6.45, 7) is 4.75. The van der Waals surface area contributed by atoms with Gasteiger partial charge >= 0.3 is 0 Å². The van der Waals surface area contributed by atoms with Gasteiger partial charge in [-0.25, -0.2) is 0 Å². The van der Waals surface area contributed by atoms with Gasteiger partial charge in [0, 0.05) is 62.7 Å². The summed E-state index contributed by atoms with van der Waals surface area (Å²) < 4.78 is 5.29. The molecule has 0 bridgehead atoms. The first-order valence-corrected chi connectivity index (χ1v) is 10.6. The normalized spacial score (nSPS) is 16.4. The standard InChI is InChI=1S/C21H24N6O6/c28-21(15-1-3-17(19(13-15)26(29)30)25-9-11-33-12-10-25)23-16-2-4-18(20(14-16)27(31)32)24-7-5-22-6-8-24/h1-4,13-14,22H,5-12H2,(H,23,28). The molecule has 12 heteroatoms. The number of morpholine rings is 1. The number of amides is 1. The third-order valence-corrected chi connectivity index (χ3v) is 5.67. The number of hydrogen-bond acceptors (Lipinski definition) is 9. The van der Waals surface area contributed by atoms with E-state index in [9.17, 15) is 25.0 Å². The number of rotatable bonds is 6. The number of hydrogen-bond donors (Lipinski definition) is 2. The van der Waals surface area contributed by atoms with Crippen molar-refractivity contribution < 1.29 is 19.4 Å². The smallest absolute Gasteiger partial charge is 0.294 e. The predicted molar refractivity (Wildman–Crippen MR) is 122 cm³/mol. The van der Waals surface area contributed by atoms with Gasteiger partial charge in [0.25, 0.3) is 17.3 Å². The van der Waals surface area contributed by atoms with E-state index in [1.807, 2.05) is 9.80 Å². The van der Waals surface area contributed by atoms with Crippen molar-refractivity contribution in [3.05, 3.63) is 62.2 Å². The fourth-order valence-electron chi connectivity index (χ4n) is 4.01. The van der Waals surface area contributed by atoms with Gasteiger partial charge in [-0.15, -0.1) is 0 Å². The van der Waals surface area contributed by atoms with Gasteiger partial charge < -0.3 is 25.2 Å². The van der Waals surface area contributed by atoms with Gasteiger partial charge in [0.1, 0.15) is 11.4 Å². The molecule has 0 atom stereocenters. The molecule has 33 heavy (non-hydrogen) atoms. The molecular formula is C21H24N6O6. The maximum Gasteiger partial charge on any atom is 0.294 e. The lowest BCUT2D eigenvalue weighted by molar-refractivity contribution is -0.384. The third kappa shape index (κ3) is 5.02. The second-order valence-corrected chi connectivity index (χ2v) is 7.71. The Morgan fingerprint density at radius 2 is 1.45 bits per heavy atom. The van der Waals surface area contributed by atoms with Crippen molar-refractivity contribution in [3.63, 3.8) is 0 Å². The van der Waals surface area contributed by atoms with E-state index in [0.29, 0.717) is 50.8 Å². The molecular weight excluding hydrogens is 432 g/mol. The Labute approximate surface area is 189 Å². The molecule has 0 unspecified atom stereocenters. The summed E-state index contributed by atoms with van der Waals surface area (Å²) in [5.41, 5.74) is 0.965. The number of carbonyl (C=O) groups excluding carboxylic acids is 1. The van der Waals surface area contributed by atoms with Crippen LogP contribution in [0.2, 0.25) is 0 Å². The van der Waals surface area contributed by atoms with Crippen LogP contribution in [0.4, 0.5) is 28.4 Å². The highest BCUT2D eigenvalue weighted by molar-refractivity contribution is 6.05. The van der Waals surface area contributed by atoms with Crippen molar-refractivity contribution in [2.45, 2.75) is 0 Å². The zero-order chi connectivity index (χ0) is 23.4. The van der Waals surface area contributed by atoms with Gasteiger partial charge in [-0.1, -0.05) is 0 Å². The number of nitro groups is 2. The number of nitrogens with zero attached hydrogens (tertiary/aromatic N) is 4. The Kier molecular flexibility index (Phi) is 6.66. The molecule has 12 nitrogen and oxygen atoms in total. The molecule has 174 valence electrons. The number of nitrogens with one attached hydrogen (secondary N) is 2. The molecule has 2 fully saturated rings. The predicted octanol–water partition coefficient (Wildman–Crippen LogP) is 2.00. The zero-order valence-corrected chi connectivity index (χ0v) is 17.9. The molecule has 2 saturated heterocycles. The van der Waals surface area contributed by atoms with Crippen LogP contribution in [0.15, 0.2) is 36.4 Å². The van der Waals surface area contributed by atoms with Crippen molar-refractivity contribution in [1.82, 2.24) is 5.32 Å². The van der Waals surface area contributed by atoms with Crippen LogP contribution in [0.1, 0.15) is 10.4 Å². The van der Waals surface area contributed by atoms with Crippen LogP contribution in [-0.4, -0.2) is 68.2 Å². The average molecular weight is 456 g/mol. The van der Waals surface area contributed by atoms with E-state index >= 15 is 0 Å². The van der Waals surface area contributed by atoms with E-state index in [0.717, 1.165) is 13.1 Å². The molecule has 2 aliphatic heterocycles. The molecule has 2 aliphatic rings. The lowest BCUT2D eigenvalue weighted by Crippen LogP contribution is -2.43. The van der Waals surface area contributed by atoms with Crippen molar-refractivity contribution in [1.29, 1.82) is 0 Å². The highest BCUT2D eigenvalue weighted by Crippen LogP contribution is 2.33. The number of piperazine rings is 1. The number of ether oxygens (including phenoxy) is 1. The van der Waals surface area contributed by atoms with E-state index < -0.39 is 15.8 Å². The summed E-state index contributed by atoms with van der Waals surface area (Å²) in [4.78, 5) is 38.8. The maximum absolute atomic E-state index is 12.8. The van der Waals surface area contributed by atoms with E-state index in [-0.39, 0.29) is 22.6 Å². The average Bonchev–Trinajstić information content (AvgIpc) is 2.84. The summed E-state index contributed by atoms with van der Waals surface area (Å²) >= 11 is 0. The minimum absolute atomic E-state index is 0.0903. The van der Waals surface area contributed by atoms with E-state index in [1.165, 1.54) is 18.2 Å². The first-order chi connectivity index (χ1) is 15.9. The molecule has 2 aromatic rings. The van der Waals surface area contributed by atoms with E-state index in [1.54, 1.807) is 18.2 Å². The molecule has 0 saturated carbocycles. The van der Waals surface area contributed by atoms with Gasteiger partial charge in [-0.2, -0.15) is 0 Å². The van der Waals surface area contributed by atoms with Gasteiger partial charge in [0.05, 0.1) is 23.1 Å². The minimum Gasteiger partial charge on any atom is -0.378 e. The second kappa shape index (κ2) is 9.79. The van der Waals surface area contributed by atoms with Crippen LogP contribution in [0, 0.1) is 20.2 Å². The van der Waals surface area contributed by atoms with Gasteiger partial charge in [0.15, 0.2) is 0 Å². The molecule has 4 rings (SSSR count). The van der Waals surface area contributed by atoms with Crippen LogP contribution in [0.3, 0.4) is 0 Å². The summed E-state index contributed by atoms with van der Waals surface area (Å²) in [7, 11) is 0. The van der Waals surface area contributed by atoms with Crippen molar-refractivity contribution in [2.75, 3.05) is 67.6 Å². The molecule has 0 aliphatic carbocycles. The lowest BCUT2D eigenvalue weighted by atomic mass is 10.1. The molecule has 0 spiro atoms. The molecule has 2 N–H and O–H groups in total. The maximum atomic E-state index is 12.8. The molecule has 2 heterocycles. The number of carbonyl (C=O) groups is 1. The van der Waals surface area contributed by atoms with Crippen molar-refractivity contribution in [2.24, 2.45) is 0 Å². The van der Waals surface area contributed by atoms with Gasteiger partial charge in [-0.3, -0.25) is 25.0 Å². The fourth-order valence-corrected chi connectivity index (χ4v) is 4.01. The van der Waals surface area contributed by atoms with Crippen molar-refractivity contribution >= 4 is 34.3 Å². The minimum atomic E-state index is -0.587. The quantitative estimate of drug-likeness (QED) is 0.493. The topological polar surface area (TPSA) is 143 Å². The number of benzene rings is 2. The Balaban J connectivity index is 1.56. The summed E-state index contributed by atoms with van der Waals surface area (Å²) in [6.07, 6.45) is 0. The van der Waals surface area contributed by atoms with Gasteiger partial charge in [0.2, 0.25) is 0 Å². The van der Waals surface area contributed by atoms with Gasteiger partial charge in [-0.05, 0) is 24.3 Å². The van der Waals surface area contributed by atoms with Crippen LogP contribution in [-0.2, 0) is 4.74 Å². The Morgan fingerprint density at radius 1 is 0.879 bits per heavy atom.